The number of hydrogen-bond donors (Lipinski definition) is 3. The molecule has 4 aromatic rings. The Morgan fingerprint density at radius 3 is 1.43 bits per heavy atom. The molecule has 1 saturated heterocycles. The SMILES string of the molecule is CO[C@H]1O[C@H](C(O)[Si](c2ccccc2)(c2ccccc2)C(C)(C)C)[C@](O)(C(=O)c2ccccc2)[C@]1(O)C(=O)c1ccccc1. The molecule has 4 aromatic carbocycles. The minimum absolute atomic E-state index is 0.0364. The predicted octanol–water partition coefficient (Wildman–Crippen LogP) is 3.55. The minimum atomic E-state index is -3.53. The minimum Gasteiger partial charge on any atom is -0.393 e. The van der Waals surface area contributed by atoms with Crippen LogP contribution in [0, 0.1) is 0 Å². The van der Waals surface area contributed by atoms with Crippen molar-refractivity contribution in [2.24, 2.45) is 0 Å². The number of ketones is 2. The molecule has 0 spiro atoms. The summed E-state index contributed by atoms with van der Waals surface area (Å²) in [6.07, 6.45) is -3.56. The van der Waals surface area contributed by atoms with Gasteiger partial charge in [-0.2, -0.15) is 0 Å². The lowest BCUT2D eigenvalue weighted by molar-refractivity contribution is -0.180. The third-order valence-electron chi connectivity index (χ3n) is 8.95. The lowest BCUT2D eigenvalue weighted by Crippen LogP contribution is -2.78. The maximum Gasteiger partial charge on any atom is 0.217 e. The topological polar surface area (TPSA) is 113 Å². The normalized spacial score (nSPS) is 24.5. The van der Waals surface area contributed by atoms with Crippen molar-refractivity contribution >= 4 is 30.0 Å². The first-order valence-corrected chi connectivity index (χ1v) is 16.6. The number of hydrogen-bond acceptors (Lipinski definition) is 7. The molecule has 8 heteroatoms. The highest BCUT2D eigenvalue weighted by Gasteiger charge is 2.77. The highest BCUT2D eigenvalue weighted by atomic mass is 28.3. The zero-order valence-corrected chi connectivity index (χ0v) is 26.3. The Hall–Kier alpha value is -3.76. The van der Waals surface area contributed by atoms with Crippen LogP contribution >= 0.6 is 0 Å². The molecule has 1 fully saturated rings. The average molecular weight is 611 g/mol. The summed E-state index contributed by atoms with van der Waals surface area (Å²) < 4.78 is 11.8. The zero-order valence-electron chi connectivity index (χ0n) is 25.3. The lowest BCUT2D eigenvalue weighted by atomic mass is 9.71. The second kappa shape index (κ2) is 12.0. The van der Waals surface area contributed by atoms with Crippen LogP contribution in [0.4, 0.5) is 0 Å². The van der Waals surface area contributed by atoms with Crippen molar-refractivity contribution < 1.29 is 34.4 Å². The van der Waals surface area contributed by atoms with Gasteiger partial charge in [0, 0.05) is 18.2 Å². The van der Waals surface area contributed by atoms with Gasteiger partial charge in [0.15, 0.2) is 20.0 Å². The van der Waals surface area contributed by atoms with Gasteiger partial charge in [0.2, 0.25) is 17.2 Å². The fourth-order valence-corrected chi connectivity index (χ4v) is 12.8. The van der Waals surface area contributed by atoms with E-state index in [9.17, 15) is 24.9 Å². The average Bonchev–Trinajstić information content (AvgIpc) is 3.29. The quantitative estimate of drug-likeness (QED) is 0.196. The highest BCUT2D eigenvalue weighted by molar-refractivity contribution is 7.05. The van der Waals surface area contributed by atoms with Crippen molar-refractivity contribution in [1.29, 1.82) is 0 Å². The second-order valence-electron chi connectivity index (χ2n) is 12.3. The monoisotopic (exact) mass is 610 g/mol. The van der Waals surface area contributed by atoms with Crippen molar-refractivity contribution in [3.63, 3.8) is 0 Å². The summed E-state index contributed by atoms with van der Waals surface area (Å²) in [4.78, 5) is 28.8. The Labute approximate surface area is 258 Å². The van der Waals surface area contributed by atoms with Gasteiger partial charge in [0.25, 0.3) is 0 Å². The van der Waals surface area contributed by atoms with Crippen LogP contribution in [0.15, 0.2) is 121 Å². The molecule has 3 N–H and O–H groups in total. The standard InChI is InChI=1S/C36H38O7Si/c1-34(2,3)44(27-21-13-7-14-22-27,28-23-15-8-16-24-28)32(39)31-35(40,29(37)25-17-9-5-10-18-25)36(41,33(42-4)43-31)30(38)26-19-11-6-12-20-26/h5-24,31-33,39-41H,1-4H3/t31-,32?,33+,35-,36+/m1/s1. The Kier molecular flexibility index (Phi) is 8.61. The van der Waals surface area contributed by atoms with Crippen LogP contribution in [0.2, 0.25) is 5.04 Å². The van der Waals surface area contributed by atoms with Crippen molar-refractivity contribution in [2.45, 2.75) is 55.1 Å². The molecule has 1 unspecified atom stereocenters. The maximum atomic E-state index is 14.6. The van der Waals surface area contributed by atoms with Crippen LogP contribution in [-0.2, 0) is 9.47 Å². The van der Waals surface area contributed by atoms with Gasteiger partial charge in [-0.15, -0.1) is 0 Å². The van der Waals surface area contributed by atoms with Crippen molar-refractivity contribution in [1.82, 2.24) is 0 Å². The molecule has 0 bridgehead atoms. The number of carbonyl (C=O) groups excluding carboxylic acids is 2. The first-order chi connectivity index (χ1) is 21.0. The molecule has 0 radical (unpaired) electrons. The van der Waals surface area contributed by atoms with Crippen molar-refractivity contribution in [3.05, 3.63) is 132 Å². The fraction of sp³-hybridized carbons (Fsp3) is 0.278. The first-order valence-electron chi connectivity index (χ1n) is 14.6. The van der Waals surface area contributed by atoms with E-state index in [2.05, 4.69) is 0 Å². The summed E-state index contributed by atoms with van der Waals surface area (Å²) in [6.45, 7) is 6.01. The highest BCUT2D eigenvalue weighted by Crippen LogP contribution is 2.49. The number of aliphatic hydroxyl groups excluding tert-OH is 1. The molecule has 1 aliphatic heterocycles. The number of Topliss-reactive ketones (excluding diaryl/α,β-unsaturated/α-hetero) is 2. The van der Waals surface area contributed by atoms with Crippen LogP contribution < -0.4 is 10.4 Å². The number of ether oxygens (including phenoxy) is 2. The molecular formula is C36H38O7Si. The number of methoxy groups -OCH3 is 1. The van der Waals surface area contributed by atoms with Gasteiger partial charge < -0.3 is 24.8 Å². The van der Waals surface area contributed by atoms with E-state index in [1.54, 1.807) is 36.4 Å². The molecule has 0 aromatic heterocycles. The van der Waals surface area contributed by atoms with E-state index >= 15 is 0 Å². The Balaban J connectivity index is 1.82. The third-order valence-corrected chi connectivity index (χ3v) is 15.0. The Morgan fingerprint density at radius 1 is 0.705 bits per heavy atom. The van der Waals surface area contributed by atoms with Gasteiger partial charge in [-0.3, -0.25) is 9.59 Å². The molecule has 0 aliphatic carbocycles. The maximum absolute atomic E-state index is 14.6. The summed E-state index contributed by atoms with van der Waals surface area (Å²) in [5.41, 5.74) is -7.36. The molecule has 1 heterocycles. The summed E-state index contributed by atoms with van der Waals surface area (Å²) in [5.74, 6) is -1.93. The van der Waals surface area contributed by atoms with E-state index in [4.69, 9.17) is 9.47 Å². The van der Waals surface area contributed by atoms with Gasteiger partial charge in [-0.25, -0.2) is 0 Å². The molecule has 5 atom stereocenters. The number of carbonyl (C=O) groups is 2. The van der Waals surface area contributed by atoms with Crippen molar-refractivity contribution in [2.75, 3.05) is 7.11 Å². The van der Waals surface area contributed by atoms with Crippen LogP contribution in [0.3, 0.4) is 0 Å². The summed E-state index contributed by atoms with van der Waals surface area (Å²) in [7, 11) is -2.31. The molecule has 0 saturated carbocycles. The number of rotatable bonds is 9. The molecule has 5 rings (SSSR count). The van der Waals surface area contributed by atoms with E-state index < -0.39 is 54.0 Å². The van der Waals surface area contributed by atoms with E-state index in [1.165, 1.54) is 31.4 Å². The van der Waals surface area contributed by atoms with Crippen LogP contribution in [0.5, 0.6) is 0 Å². The smallest absolute Gasteiger partial charge is 0.217 e. The summed E-state index contributed by atoms with van der Waals surface area (Å²) in [6, 6.07) is 34.8. The molecule has 228 valence electrons. The lowest BCUT2D eigenvalue weighted by Gasteiger charge is -2.50. The summed E-state index contributed by atoms with van der Waals surface area (Å²) >= 11 is 0. The zero-order chi connectivity index (χ0) is 31.8. The predicted molar refractivity (Wildman–Crippen MR) is 171 cm³/mol. The third kappa shape index (κ3) is 4.70. The number of aliphatic hydroxyl groups is 3. The van der Waals surface area contributed by atoms with E-state index in [1.807, 2.05) is 81.4 Å². The fourth-order valence-electron chi connectivity index (χ4n) is 6.90. The Morgan fingerprint density at radius 2 is 1.07 bits per heavy atom. The van der Waals surface area contributed by atoms with Crippen LogP contribution in [0.25, 0.3) is 0 Å². The first kappa shape index (κ1) is 31.7. The number of benzene rings is 4. The summed E-state index contributed by atoms with van der Waals surface area (Å²) in [5, 5.41) is 39.2. The van der Waals surface area contributed by atoms with E-state index in [-0.39, 0.29) is 11.1 Å². The molecule has 1 aliphatic rings. The van der Waals surface area contributed by atoms with Gasteiger partial charge >= 0.3 is 0 Å². The molecular weight excluding hydrogens is 572 g/mol. The largest absolute Gasteiger partial charge is 0.393 e. The van der Waals surface area contributed by atoms with Crippen molar-refractivity contribution in [3.8, 4) is 0 Å². The van der Waals surface area contributed by atoms with E-state index in [0.29, 0.717) is 0 Å². The van der Waals surface area contributed by atoms with Gasteiger partial charge in [-0.05, 0) is 5.04 Å². The Bertz CT molecular complexity index is 1550. The van der Waals surface area contributed by atoms with Gasteiger partial charge in [0.05, 0.1) is 5.73 Å². The second-order valence-corrected chi connectivity index (χ2v) is 17.1. The van der Waals surface area contributed by atoms with Gasteiger partial charge in [-0.1, -0.05) is 152 Å². The molecule has 0 amide bonds. The van der Waals surface area contributed by atoms with Crippen LogP contribution in [-0.4, -0.2) is 71.4 Å². The molecule has 44 heavy (non-hydrogen) atoms. The van der Waals surface area contributed by atoms with Crippen LogP contribution in [0.1, 0.15) is 41.5 Å². The van der Waals surface area contributed by atoms with Gasteiger partial charge in [0.1, 0.15) is 6.10 Å². The molecule has 7 nitrogen and oxygen atoms in total. The van der Waals surface area contributed by atoms with E-state index in [0.717, 1.165) is 10.4 Å².